The molecule has 2 unspecified atom stereocenters. The third-order valence-electron chi connectivity index (χ3n) is 2.67. The van der Waals surface area contributed by atoms with Crippen LogP contribution in [-0.2, 0) is 0 Å². The predicted molar refractivity (Wildman–Crippen MR) is 48.5 cm³/mol. The lowest BCUT2D eigenvalue weighted by atomic mass is 10.1. The number of likely N-dealkylation sites (N-methyl/N-ethyl adjacent to an activating group) is 1. The smallest absolute Gasteiger partial charge is 0.0219 e. The SMILES string of the molecule is CCN(C1CC1)C(C)C(C)N. The summed E-state index contributed by atoms with van der Waals surface area (Å²) in [6.45, 7) is 7.69. The van der Waals surface area contributed by atoms with Gasteiger partial charge in [0.15, 0.2) is 0 Å². The molecule has 0 saturated heterocycles. The highest BCUT2D eigenvalue weighted by Gasteiger charge is 2.31. The third-order valence-corrected chi connectivity index (χ3v) is 2.67. The van der Waals surface area contributed by atoms with Crippen LogP contribution in [0.25, 0.3) is 0 Å². The monoisotopic (exact) mass is 156 g/mol. The molecule has 2 N–H and O–H groups in total. The molecule has 0 aromatic carbocycles. The van der Waals surface area contributed by atoms with Crippen molar-refractivity contribution >= 4 is 0 Å². The van der Waals surface area contributed by atoms with Gasteiger partial charge >= 0.3 is 0 Å². The van der Waals surface area contributed by atoms with Crippen molar-refractivity contribution in [3.63, 3.8) is 0 Å². The van der Waals surface area contributed by atoms with Crippen LogP contribution in [0.1, 0.15) is 33.6 Å². The first kappa shape index (κ1) is 9.01. The van der Waals surface area contributed by atoms with Crippen LogP contribution in [0, 0.1) is 0 Å². The molecule has 11 heavy (non-hydrogen) atoms. The average Bonchev–Trinajstić information content (AvgIpc) is 2.72. The molecular formula is C9H20N2. The summed E-state index contributed by atoms with van der Waals surface area (Å²) in [4.78, 5) is 2.52. The summed E-state index contributed by atoms with van der Waals surface area (Å²) in [6, 6.07) is 1.70. The molecule has 66 valence electrons. The first-order valence-electron chi connectivity index (χ1n) is 4.68. The highest BCUT2D eigenvalue weighted by atomic mass is 15.2. The highest BCUT2D eigenvalue weighted by Crippen LogP contribution is 2.28. The van der Waals surface area contributed by atoms with Gasteiger partial charge in [0, 0.05) is 18.1 Å². The zero-order valence-electron chi connectivity index (χ0n) is 7.88. The van der Waals surface area contributed by atoms with Gasteiger partial charge in [-0.05, 0) is 33.2 Å². The van der Waals surface area contributed by atoms with Gasteiger partial charge in [-0.15, -0.1) is 0 Å². The van der Waals surface area contributed by atoms with Crippen molar-refractivity contribution in [2.45, 2.75) is 51.7 Å². The zero-order chi connectivity index (χ0) is 8.43. The van der Waals surface area contributed by atoms with Gasteiger partial charge < -0.3 is 5.73 Å². The normalized spacial score (nSPS) is 23.7. The molecule has 1 fully saturated rings. The van der Waals surface area contributed by atoms with Crippen molar-refractivity contribution < 1.29 is 0 Å². The fourth-order valence-electron chi connectivity index (χ4n) is 1.59. The number of nitrogens with zero attached hydrogens (tertiary/aromatic N) is 1. The summed E-state index contributed by atoms with van der Waals surface area (Å²) in [6.07, 6.45) is 2.76. The lowest BCUT2D eigenvalue weighted by Crippen LogP contribution is -2.45. The van der Waals surface area contributed by atoms with Gasteiger partial charge in [-0.2, -0.15) is 0 Å². The fraction of sp³-hybridized carbons (Fsp3) is 1.00. The second kappa shape index (κ2) is 3.55. The molecule has 0 aromatic rings. The molecule has 1 aliphatic rings. The molecule has 2 atom stereocenters. The molecule has 0 aromatic heterocycles. The number of hydrogen-bond acceptors (Lipinski definition) is 2. The minimum Gasteiger partial charge on any atom is -0.327 e. The molecule has 0 radical (unpaired) electrons. The van der Waals surface area contributed by atoms with E-state index in [1.54, 1.807) is 0 Å². The number of rotatable bonds is 4. The molecule has 0 amide bonds. The Morgan fingerprint density at radius 3 is 2.27 bits per heavy atom. The molecular weight excluding hydrogens is 136 g/mol. The molecule has 2 nitrogen and oxygen atoms in total. The maximum atomic E-state index is 5.84. The van der Waals surface area contributed by atoms with Gasteiger partial charge in [-0.25, -0.2) is 0 Å². The van der Waals surface area contributed by atoms with Crippen LogP contribution in [0.15, 0.2) is 0 Å². The van der Waals surface area contributed by atoms with Crippen LogP contribution < -0.4 is 5.73 Å². The number of hydrogen-bond donors (Lipinski definition) is 1. The van der Waals surface area contributed by atoms with Gasteiger partial charge in [0.2, 0.25) is 0 Å². The van der Waals surface area contributed by atoms with Crippen LogP contribution in [-0.4, -0.2) is 29.6 Å². The van der Waals surface area contributed by atoms with Gasteiger partial charge in [0.25, 0.3) is 0 Å². The summed E-state index contributed by atoms with van der Waals surface area (Å²) in [5, 5.41) is 0. The lowest BCUT2D eigenvalue weighted by Gasteiger charge is -2.30. The Hall–Kier alpha value is -0.0800. The predicted octanol–water partition coefficient (Wildman–Crippen LogP) is 1.21. The molecule has 1 aliphatic carbocycles. The lowest BCUT2D eigenvalue weighted by molar-refractivity contribution is 0.189. The van der Waals surface area contributed by atoms with Crippen molar-refractivity contribution in [3.05, 3.63) is 0 Å². The van der Waals surface area contributed by atoms with Crippen LogP contribution in [0.3, 0.4) is 0 Å². The second-order valence-electron chi connectivity index (χ2n) is 3.66. The van der Waals surface area contributed by atoms with Crippen LogP contribution in [0.4, 0.5) is 0 Å². The van der Waals surface area contributed by atoms with E-state index in [4.69, 9.17) is 5.73 Å². The van der Waals surface area contributed by atoms with Crippen molar-refractivity contribution in [3.8, 4) is 0 Å². The van der Waals surface area contributed by atoms with E-state index in [1.165, 1.54) is 12.8 Å². The van der Waals surface area contributed by atoms with Crippen molar-refractivity contribution in [2.24, 2.45) is 5.73 Å². The molecule has 0 bridgehead atoms. The van der Waals surface area contributed by atoms with Crippen LogP contribution >= 0.6 is 0 Å². The molecule has 0 aliphatic heterocycles. The van der Waals surface area contributed by atoms with Crippen molar-refractivity contribution in [1.29, 1.82) is 0 Å². The molecule has 1 rings (SSSR count). The summed E-state index contributed by atoms with van der Waals surface area (Å²) in [5.74, 6) is 0. The molecule has 0 heterocycles. The average molecular weight is 156 g/mol. The summed E-state index contributed by atoms with van der Waals surface area (Å²) in [7, 11) is 0. The summed E-state index contributed by atoms with van der Waals surface area (Å²) in [5.41, 5.74) is 5.84. The standard InChI is InChI=1S/C9H20N2/c1-4-11(9-5-6-9)8(3)7(2)10/h7-9H,4-6,10H2,1-3H3. The van der Waals surface area contributed by atoms with Crippen LogP contribution in [0.2, 0.25) is 0 Å². The summed E-state index contributed by atoms with van der Waals surface area (Å²) >= 11 is 0. The Morgan fingerprint density at radius 2 is 2.00 bits per heavy atom. The Balaban J connectivity index is 2.39. The van der Waals surface area contributed by atoms with E-state index in [9.17, 15) is 0 Å². The van der Waals surface area contributed by atoms with Gasteiger partial charge in [0.05, 0.1) is 0 Å². The second-order valence-corrected chi connectivity index (χ2v) is 3.66. The van der Waals surface area contributed by atoms with E-state index in [2.05, 4.69) is 25.7 Å². The van der Waals surface area contributed by atoms with E-state index < -0.39 is 0 Å². The first-order chi connectivity index (χ1) is 5.16. The van der Waals surface area contributed by atoms with E-state index in [1.807, 2.05) is 0 Å². The fourth-order valence-corrected chi connectivity index (χ4v) is 1.59. The summed E-state index contributed by atoms with van der Waals surface area (Å²) < 4.78 is 0. The molecule has 1 saturated carbocycles. The maximum Gasteiger partial charge on any atom is 0.0219 e. The van der Waals surface area contributed by atoms with E-state index >= 15 is 0 Å². The van der Waals surface area contributed by atoms with Gasteiger partial charge in [0.1, 0.15) is 0 Å². The quantitative estimate of drug-likeness (QED) is 0.663. The van der Waals surface area contributed by atoms with Crippen molar-refractivity contribution in [1.82, 2.24) is 4.90 Å². The Kier molecular flexibility index (Phi) is 2.90. The maximum absolute atomic E-state index is 5.84. The van der Waals surface area contributed by atoms with Gasteiger partial charge in [-0.1, -0.05) is 6.92 Å². The topological polar surface area (TPSA) is 29.3 Å². The minimum atomic E-state index is 0.301. The van der Waals surface area contributed by atoms with E-state index in [-0.39, 0.29) is 0 Å². The first-order valence-corrected chi connectivity index (χ1v) is 4.68. The van der Waals surface area contributed by atoms with Crippen LogP contribution in [0.5, 0.6) is 0 Å². The van der Waals surface area contributed by atoms with E-state index in [0.717, 1.165) is 12.6 Å². The third kappa shape index (κ3) is 2.17. The molecule has 2 heteroatoms. The number of nitrogens with two attached hydrogens (primary N) is 1. The minimum absolute atomic E-state index is 0.301. The largest absolute Gasteiger partial charge is 0.327 e. The highest BCUT2D eigenvalue weighted by molar-refractivity contribution is 4.88. The Labute approximate surface area is 69.8 Å². The van der Waals surface area contributed by atoms with Gasteiger partial charge in [-0.3, -0.25) is 4.90 Å². The Bertz CT molecular complexity index is 119. The zero-order valence-corrected chi connectivity index (χ0v) is 7.88. The van der Waals surface area contributed by atoms with Crippen molar-refractivity contribution in [2.75, 3.05) is 6.54 Å². The van der Waals surface area contributed by atoms with E-state index in [0.29, 0.717) is 12.1 Å². The Morgan fingerprint density at radius 1 is 1.45 bits per heavy atom. The molecule has 0 spiro atoms.